The van der Waals surface area contributed by atoms with E-state index in [2.05, 4.69) is 24.4 Å². The van der Waals surface area contributed by atoms with Crippen molar-refractivity contribution in [2.45, 2.75) is 64.3 Å². The van der Waals surface area contributed by atoms with E-state index in [-0.39, 0.29) is 12.3 Å². The normalized spacial score (nSPS) is 12.5. The second-order valence-electron chi connectivity index (χ2n) is 4.85. The summed E-state index contributed by atoms with van der Waals surface area (Å²) in [7, 11) is 0. The topological polar surface area (TPSA) is 86.6 Å². The number of amides is 1. The third kappa shape index (κ3) is 10.6. The number of carboxylic acid groups (broad SMARTS) is 1. The molecule has 0 radical (unpaired) electrons. The Kier molecular flexibility index (Phi) is 11.8. The van der Waals surface area contributed by atoms with E-state index in [4.69, 9.17) is 10.2 Å². The molecule has 116 valence electrons. The highest BCUT2D eigenvalue weighted by molar-refractivity contribution is 5.83. The number of unbranched alkanes of at least 4 members (excludes halogenated alkanes) is 5. The van der Waals surface area contributed by atoms with Crippen LogP contribution in [-0.4, -0.2) is 34.7 Å². The van der Waals surface area contributed by atoms with Gasteiger partial charge in [0.15, 0.2) is 0 Å². The molecule has 0 saturated carbocycles. The summed E-state index contributed by atoms with van der Waals surface area (Å²) in [4.78, 5) is 22.0. The predicted octanol–water partition coefficient (Wildman–Crippen LogP) is 2.24. The Bertz CT molecular complexity index is 302. The molecule has 0 spiro atoms. The Labute approximate surface area is 121 Å². The average molecular weight is 285 g/mol. The summed E-state index contributed by atoms with van der Waals surface area (Å²) in [6.07, 6.45) is 12.1. The van der Waals surface area contributed by atoms with Gasteiger partial charge < -0.3 is 15.5 Å². The SMILES string of the molecule is CCCCCC/C=C\CCCC(=O)N[C@@H](CO)C(=O)O. The van der Waals surface area contributed by atoms with Crippen LogP contribution in [0.1, 0.15) is 58.3 Å². The van der Waals surface area contributed by atoms with Crippen molar-refractivity contribution in [1.29, 1.82) is 0 Å². The Morgan fingerprint density at radius 1 is 1.10 bits per heavy atom. The van der Waals surface area contributed by atoms with Crippen LogP contribution in [0.2, 0.25) is 0 Å². The molecule has 3 N–H and O–H groups in total. The maximum Gasteiger partial charge on any atom is 0.328 e. The molecule has 0 aromatic heterocycles. The number of hydrogen-bond donors (Lipinski definition) is 3. The third-order valence-electron chi connectivity index (χ3n) is 2.98. The molecule has 1 atom stereocenters. The lowest BCUT2D eigenvalue weighted by Gasteiger charge is -2.10. The van der Waals surface area contributed by atoms with Crippen molar-refractivity contribution in [3.05, 3.63) is 12.2 Å². The van der Waals surface area contributed by atoms with Gasteiger partial charge in [0.1, 0.15) is 6.04 Å². The van der Waals surface area contributed by atoms with E-state index in [9.17, 15) is 9.59 Å². The molecule has 0 aromatic carbocycles. The average Bonchev–Trinajstić information content (AvgIpc) is 2.42. The first kappa shape index (κ1) is 18.6. The van der Waals surface area contributed by atoms with Gasteiger partial charge in [-0.3, -0.25) is 4.79 Å². The molecule has 0 saturated heterocycles. The van der Waals surface area contributed by atoms with Crippen LogP contribution >= 0.6 is 0 Å². The fraction of sp³-hybridized carbons (Fsp3) is 0.733. The standard InChI is InChI=1S/C15H27NO4/c1-2-3-4-5-6-7-8-9-10-11-14(18)16-13(12-17)15(19)20/h7-8,13,17H,2-6,9-12H2,1H3,(H,16,18)(H,19,20)/b8-7-/t13-/m0/s1. The number of hydrogen-bond acceptors (Lipinski definition) is 3. The summed E-state index contributed by atoms with van der Waals surface area (Å²) in [5, 5.41) is 19.7. The zero-order valence-corrected chi connectivity index (χ0v) is 12.3. The zero-order valence-electron chi connectivity index (χ0n) is 12.3. The van der Waals surface area contributed by atoms with Gasteiger partial charge in [-0.2, -0.15) is 0 Å². The molecule has 20 heavy (non-hydrogen) atoms. The van der Waals surface area contributed by atoms with Crippen molar-refractivity contribution >= 4 is 11.9 Å². The van der Waals surface area contributed by atoms with Crippen molar-refractivity contribution in [3.8, 4) is 0 Å². The van der Waals surface area contributed by atoms with Crippen molar-refractivity contribution in [2.24, 2.45) is 0 Å². The first-order chi connectivity index (χ1) is 9.61. The van der Waals surface area contributed by atoms with Gasteiger partial charge >= 0.3 is 5.97 Å². The molecule has 0 unspecified atom stereocenters. The molecular weight excluding hydrogens is 258 g/mol. The lowest BCUT2D eigenvalue weighted by atomic mass is 10.1. The lowest BCUT2D eigenvalue weighted by Crippen LogP contribution is -2.43. The van der Waals surface area contributed by atoms with Gasteiger partial charge in [0.2, 0.25) is 5.91 Å². The van der Waals surface area contributed by atoms with Crippen LogP contribution in [-0.2, 0) is 9.59 Å². The van der Waals surface area contributed by atoms with Crippen LogP contribution in [0, 0.1) is 0 Å². The number of carboxylic acids is 1. The van der Waals surface area contributed by atoms with E-state index >= 15 is 0 Å². The van der Waals surface area contributed by atoms with E-state index in [0.29, 0.717) is 6.42 Å². The number of allylic oxidation sites excluding steroid dienone is 2. The molecule has 5 nitrogen and oxygen atoms in total. The minimum atomic E-state index is -1.21. The zero-order chi connectivity index (χ0) is 15.2. The molecular formula is C15H27NO4. The quantitative estimate of drug-likeness (QED) is 0.379. The number of aliphatic hydroxyl groups is 1. The molecule has 0 heterocycles. The molecule has 0 aliphatic carbocycles. The number of rotatable bonds is 12. The van der Waals surface area contributed by atoms with Crippen LogP contribution in [0.4, 0.5) is 0 Å². The summed E-state index contributed by atoms with van der Waals surface area (Å²) in [6, 6.07) is -1.20. The van der Waals surface area contributed by atoms with Crippen LogP contribution in [0.5, 0.6) is 0 Å². The number of nitrogens with one attached hydrogen (secondary N) is 1. The molecule has 0 bridgehead atoms. The predicted molar refractivity (Wildman–Crippen MR) is 78.4 cm³/mol. The minimum Gasteiger partial charge on any atom is -0.480 e. The van der Waals surface area contributed by atoms with E-state index in [0.717, 1.165) is 12.8 Å². The Hall–Kier alpha value is -1.36. The molecule has 0 aliphatic rings. The fourth-order valence-corrected chi connectivity index (χ4v) is 1.76. The second kappa shape index (κ2) is 12.7. The summed E-state index contributed by atoms with van der Waals surface area (Å²) < 4.78 is 0. The van der Waals surface area contributed by atoms with Gasteiger partial charge in [-0.1, -0.05) is 38.3 Å². The highest BCUT2D eigenvalue weighted by Gasteiger charge is 2.17. The highest BCUT2D eigenvalue weighted by Crippen LogP contribution is 2.04. The summed E-state index contributed by atoms with van der Waals surface area (Å²) in [5.74, 6) is -1.55. The number of carbonyl (C=O) groups excluding carboxylic acids is 1. The van der Waals surface area contributed by atoms with Gasteiger partial charge in [-0.25, -0.2) is 4.79 Å². The molecule has 0 aliphatic heterocycles. The first-order valence-electron chi connectivity index (χ1n) is 7.39. The maximum absolute atomic E-state index is 11.4. The fourth-order valence-electron chi connectivity index (χ4n) is 1.76. The monoisotopic (exact) mass is 285 g/mol. The summed E-state index contributed by atoms with van der Waals surface area (Å²) in [5.41, 5.74) is 0. The first-order valence-corrected chi connectivity index (χ1v) is 7.39. The number of carbonyl (C=O) groups is 2. The van der Waals surface area contributed by atoms with Gasteiger partial charge in [0.05, 0.1) is 6.61 Å². The van der Waals surface area contributed by atoms with Crippen LogP contribution in [0.3, 0.4) is 0 Å². The van der Waals surface area contributed by atoms with E-state index in [1.54, 1.807) is 0 Å². The van der Waals surface area contributed by atoms with Gasteiger partial charge in [-0.05, 0) is 25.7 Å². The van der Waals surface area contributed by atoms with E-state index in [1.807, 2.05) is 0 Å². The Morgan fingerprint density at radius 2 is 1.75 bits per heavy atom. The van der Waals surface area contributed by atoms with Gasteiger partial charge in [-0.15, -0.1) is 0 Å². The largest absolute Gasteiger partial charge is 0.480 e. The van der Waals surface area contributed by atoms with Crippen molar-refractivity contribution in [3.63, 3.8) is 0 Å². The number of aliphatic carboxylic acids is 1. The highest BCUT2D eigenvalue weighted by atomic mass is 16.4. The van der Waals surface area contributed by atoms with Crippen molar-refractivity contribution < 1.29 is 19.8 Å². The van der Waals surface area contributed by atoms with Crippen LogP contribution in [0.15, 0.2) is 12.2 Å². The third-order valence-corrected chi connectivity index (χ3v) is 2.98. The Morgan fingerprint density at radius 3 is 2.30 bits per heavy atom. The van der Waals surface area contributed by atoms with Gasteiger partial charge in [0.25, 0.3) is 0 Å². The van der Waals surface area contributed by atoms with E-state index < -0.39 is 18.6 Å². The second-order valence-corrected chi connectivity index (χ2v) is 4.85. The Balaban J connectivity index is 3.56. The number of aliphatic hydroxyl groups excluding tert-OH is 1. The molecule has 5 heteroatoms. The minimum absolute atomic E-state index is 0.282. The van der Waals surface area contributed by atoms with Crippen molar-refractivity contribution in [2.75, 3.05) is 6.61 Å². The molecule has 0 fully saturated rings. The lowest BCUT2D eigenvalue weighted by molar-refractivity contribution is -0.142. The molecule has 1 amide bonds. The summed E-state index contributed by atoms with van der Waals surface area (Å²) in [6.45, 7) is 1.60. The van der Waals surface area contributed by atoms with E-state index in [1.165, 1.54) is 25.7 Å². The van der Waals surface area contributed by atoms with Crippen molar-refractivity contribution in [1.82, 2.24) is 5.32 Å². The van der Waals surface area contributed by atoms with Crippen LogP contribution in [0.25, 0.3) is 0 Å². The molecule has 0 rings (SSSR count). The maximum atomic E-state index is 11.4. The smallest absolute Gasteiger partial charge is 0.328 e. The van der Waals surface area contributed by atoms with Gasteiger partial charge in [0, 0.05) is 6.42 Å². The van der Waals surface area contributed by atoms with Crippen LogP contribution < -0.4 is 5.32 Å². The summed E-state index contributed by atoms with van der Waals surface area (Å²) >= 11 is 0. The molecule has 0 aromatic rings.